The average Bonchev–Trinajstić information content (AvgIpc) is 3.01. The van der Waals surface area contributed by atoms with E-state index in [2.05, 4.69) is 5.48 Å². The highest BCUT2D eigenvalue weighted by atomic mass is 16.7. The molecule has 3 rings (SSSR count). The Morgan fingerprint density at radius 1 is 1.15 bits per heavy atom. The molecule has 1 aliphatic heterocycles. The number of hydrogen-bond donors (Lipinski definition) is 2. The Morgan fingerprint density at radius 3 is 2.75 bits per heavy atom. The van der Waals surface area contributed by atoms with Gasteiger partial charge in [-0.15, -0.1) is 0 Å². The Morgan fingerprint density at radius 2 is 2.00 bits per heavy atom. The van der Waals surface area contributed by atoms with Crippen LogP contribution in [0.5, 0.6) is 5.75 Å². The predicted molar refractivity (Wildman–Crippen MR) is 74.1 cm³/mol. The first-order chi connectivity index (χ1) is 9.75. The van der Waals surface area contributed by atoms with Gasteiger partial charge in [0.2, 0.25) is 0 Å². The highest BCUT2D eigenvalue weighted by Crippen LogP contribution is 2.24. The minimum atomic E-state index is -0.208. The quantitative estimate of drug-likeness (QED) is 0.839. The summed E-state index contributed by atoms with van der Waals surface area (Å²) in [7, 11) is 0. The number of phenolic OH excluding ortho intramolecular Hbond substituents is 1. The molecular weight excluding hydrogens is 254 g/mol. The number of hydrogen-bond acceptors (Lipinski definition) is 4. The lowest BCUT2D eigenvalue weighted by Gasteiger charge is -2.10. The van der Waals surface area contributed by atoms with Crippen molar-refractivity contribution in [1.82, 2.24) is 5.48 Å². The lowest BCUT2D eigenvalue weighted by Crippen LogP contribution is -2.06. The molecule has 0 radical (unpaired) electrons. The van der Waals surface area contributed by atoms with Crippen LogP contribution >= 0.6 is 0 Å². The minimum absolute atomic E-state index is 0.0124. The van der Waals surface area contributed by atoms with E-state index in [4.69, 9.17) is 4.84 Å². The fraction of sp³-hybridized carbons (Fsp3) is 0.0625. The zero-order chi connectivity index (χ0) is 13.9. The van der Waals surface area contributed by atoms with Gasteiger partial charge in [0.15, 0.2) is 5.78 Å². The van der Waals surface area contributed by atoms with Crippen LogP contribution in [-0.2, 0) is 4.84 Å². The lowest BCUT2D eigenvalue weighted by atomic mass is 9.99. The molecule has 2 aromatic carbocycles. The number of carbonyl (C=O) groups excluding carboxylic acids is 1. The van der Waals surface area contributed by atoms with Gasteiger partial charge in [0.25, 0.3) is 0 Å². The zero-order valence-electron chi connectivity index (χ0n) is 10.6. The van der Waals surface area contributed by atoms with Crippen LogP contribution in [0.1, 0.15) is 27.6 Å². The summed E-state index contributed by atoms with van der Waals surface area (Å²) in [6.07, 6.45) is 3.37. The molecule has 0 saturated heterocycles. The molecule has 0 bridgehead atoms. The van der Waals surface area contributed by atoms with Crippen molar-refractivity contribution in [2.75, 3.05) is 0 Å². The van der Waals surface area contributed by atoms with Gasteiger partial charge in [-0.1, -0.05) is 30.3 Å². The highest BCUT2D eigenvalue weighted by molar-refractivity contribution is 6.10. The zero-order valence-corrected chi connectivity index (χ0v) is 10.6. The van der Waals surface area contributed by atoms with Crippen molar-refractivity contribution >= 4 is 5.78 Å². The van der Waals surface area contributed by atoms with E-state index >= 15 is 0 Å². The van der Waals surface area contributed by atoms with Crippen LogP contribution < -0.4 is 5.48 Å². The summed E-state index contributed by atoms with van der Waals surface area (Å²) in [6.45, 7) is 0. The first kappa shape index (κ1) is 12.4. The number of nitrogens with one attached hydrogen (secondary N) is 1. The summed E-state index contributed by atoms with van der Waals surface area (Å²) in [5.41, 5.74) is 4.35. The summed E-state index contributed by atoms with van der Waals surface area (Å²) >= 11 is 0. The molecule has 4 heteroatoms. The molecule has 2 aromatic rings. The molecule has 0 amide bonds. The van der Waals surface area contributed by atoms with E-state index in [1.807, 2.05) is 12.1 Å². The summed E-state index contributed by atoms with van der Waals surface area (Å²) < 4.78 is 0. The lowest BCUT2D eigenvalue weighted by molar-refractivity contribution is 0.0470. The van der Waals surface area contributed by atoms with Gasteiger partial charge in [0.05, 0.1) is 5.56 Å². The first-order valence-electron chi connectivity index (χ1n) is 6.26. The maximum atomic E-state index is 12.4. The van der Waals surface area contributed by atoms with Gasteiger partial charge < -0.3 is 5.11 Å². The van der Waals surface area contributed by atoms with E-state index in [1.165, 1.54) is 6.07 Å². The van der Waals surface area contributed by atoms with E-state index < -0.39 is 0 Å². The van der Waals surface area contributed by atoms with Crippen molar-refractivity contribution in [2.45, 2.75) is 6.10 Å². The van der Waals surface area contributed by atoms with Crippen molar-refractivity contribution in [3.8, 4) is 5.75 Å². The monoisotopic (exact) mass is 267 g/mol. The second kappa shape index (κ2) is 5.19. The topological polar surface area (TPSA) is 58.6 Å². The van der Waals surface area contributed by atoms with E-state index in [9.17, 15) is 9.90 Å². The fourth-order valence-electron chi connectivity index (χ4n) is 2.14. The van der Waals surface area contributed by atoms with Crippen molar-refractivity contribution in [2.24, 2.45) is 0 Å². The summed E-state index contributed by atoms with van der Waals surface area (Å²) in [4.78, 5) is 17.7. The summed E-state index contributed by atoms with van der Waals surface area (Å²) in [5.74, 6) is -0.221. The third kappa shape index (κ3) is 2.29. The molecule has 0 aliphatic carbocycles. The van der Waals surface area contributed by atoms with Crippen molar-refractivity contribution in [1.29, 1.82) is 0 Å². The standard InChI is InChI=1S/C16H13NO3/c18-14-7-2-1-6-13(14)16(19)12-5-3-4-11(10-12)15-8-9-17-20-15/h1-10,15,17-18H. The molecule has 1 aliphatic rings. The van der Waals surface area contributed by atoms with Gasteiger partial charge >= 0.3 is 0 Å². The summed E-state index contributed by atoms with van der Waals surface area (Å²) in [5, 5.41) is 9.76. The van der Waals surface area contributed by atoms with Crippen LogP contribution in [0.2, 0.25) is 0 Å². The molecule has 4 nitrogen and oxygen atoms in total. The van der Waals surface area contributed by atoms with Gasteiger partial charge in [-0.05, 0) is 29.8 Å². The summed E-state index contributed by atoms with van der Waals surface area (Å²) in [6, 6.07) is 13.7. The Hall–Kier alpha value is -2.59. The van der Waals surface area contributed by atoms with Crippen LogP contribution in [0.4, 0.5) is 0 Å². The van der Waals surface area contributed by atoms with Gasteiger partial charge in [0, 0.05) is 11.8 Å². The molecule has 1 atom stereocenters. The fourth-order valence-corrected chi connectivity index (χ4v) is 2.14. The van der Waals surface area contributed by atoms with Gasteiger partial charge in [0.1, 0.15) is 11.9 Å². The molecule has 0 saturated carbocycles. The third-order valence-corrected chi connectivity index (χ3v) is 3.16. The first-order valence-corrected chi connectivity index (χ1v) is 6.26. The highest BCUT2D eigenvalue weighted by Gasteiger charge is 2.17. The Balaban J connectivity index is 1.94. The van der Waals surface area contributed by atoms with E-state index in [1.54, 1.807) is 42.6 Å². The largest absolute Gasteiger partial charge is 0.507 e. The van der Waals surface area contributed by atoms with Crippen molar-refractivity contribution in [3.05, 3.63) is 77.5 Å². The van der Waals surface area contributed by atoms with Crippen molar-refractivity contribution in [3.63, 3.8) is 0 Å². The minimum Gasteiger partial charge on any atom is -0.507 e. The van der Waals surface area contributed by atoms with Crippen LogP contribution in [0.25, 0.3) is 0 Å². The molecule has 100 valence electrons. The molecule has 1 heterocycles. The number of rotatable bonds is 3. The number of phenols is 1. The maximum absolute atomic E-state index is 12.4. The van der Waals surface area contributed by atoms with Crippen LogP contribution in [0.3, 0.4) is 0 Å². The van der Waals surface area contributed by atoms with Crippen LogP contribution in [0, 0.1) is 0 Å². The number of aromatic hydroxyl groups is 1. The van der Waals surface area contributed by atoms with E-state index in [-0.39, 0.29) is 17.6 Å². The molecule has 1 unspecified atom stereocenters. The number of carbonyl (C=O) groups is 1. The van der Waals surface area contributed by atoms with Crippen LogP contribution in [-0.4, -0.2) is 10.9 Å². The molecule has 0 spiro atoms. The van der Waals surface area contributed by atoms with Gasteiger partial charge in [-0.25, -0.2) is 0 Å². The molecular formula is C16H13NO3. The average molecular weight is 267 g/mol. The third-order valence-electron chi connectivity index (χ3n) is 3.16. The van der Waals surface area contributed by atoms with Gasteiger partial charge in [-0.2, -0.15) is 0 Å². The Bertz CT molecular complexity index is 679. The number of ketones is 1. The predicted octanol–water partition coefficient (Wildman–Crippen LogP) is 2.71. The maximum Gasteiger partial charge on any atom is 0.196 e. The molecule has 20 heavy (non-hydrogen) atoms. The smallest absolute Gasteiger partial charge is 0.196 e. The SMILES string of the molecule is O=C(c1cccc(C2C=CNO2)c1)c1ccccc1O. The molecule has 0 aromatic heterocycles. The Kier molecular flexibility index (Phi) is 3.23. The normalized spacial score (nSPS) is 16.9. The second-order valence-corrected chi connectivity index (χ2v) is 4.49. The second-order valence-electron chi connectivity index (χ2n) is 4.49. The molecule has 0 fully saturated rings. The number of benzene rings is 2. The van der Waals surface area contributed by atoms with Gasteiger partial charge in [-0.3, -0.25) is 15.1 Å². The van der Waals surface area contributed by atoms with Crippen molar-refractivity contribution < 1.29 is 14.7 Å². The number of para-hydroxylation sites is 1. The molecule has 2 N–H and O–H groups in total. The Labute approximate surface area is 116 Å². The number of hydroxylamine groups is 1. The van der Waals surface area contributed by atoms with E-state index in [0.717, 1.165) is 5.56 Å². The van der Waals surface area contributed by atoms with Crippen LogP contribution in [0.15, 0.2) is 60.8 Å². The van der Waals surface area contributed by atoms with E-state index in [0.29, 0.717) is 11.1 Å².